The van der Waals surface area contributed by atoms with Crippen molar-refractivity contribution in [2.24, 2.45) is 0 Å². The molecule has 236 valence electrons. The lowest BCUT2D eigenvalue weighted by atomic mass is 9.95. The minimum Gasteiger partial charge on any atom is -0.352 e. The summed E-state index contributed by atoms with van der Waals surface area (Å²) in [6, 6.07) is 17.8. The highest BCUT2D eigenvalue weighted by molar-refractivity contribution is 7.92. The number of rotatable bonds is 11. The summed E-state index contributed by atoms with van der Waals surface area (Å²) >= 11 is 13.0. The Balaban J connectivity index is 1.72. The van der Waals surface area contributed by atoms with Crippen LogP contribution in [0.25, 0.3) is 0 Å². The number of halogens is 2. The highest BCUT2D eigenvalue weighted by atomic mass is 35.5. The summed E-state index contributed by atoms with van der Waals surface area (Å²) in [7, 11) is -4.16. The average molecular weight is 659 g/mol. The number of hydrogen-bond acceptors (Lipinski definition) is 4. The molecule has 0 spiro atoms. The fourth-order valence-corrected chi connectivity index (χ4v) is 7.33. The van der Waals surface area contributed by atoms with Crippen molar-refractivity contribution in [3.63, 3.8) is 0 Å². The van der Waals surface area contributed by atoms with Gasteiger partial charge >= 0.3 is 0 Å². The molecule has 3 aromatic carbocycles. The van der Waals surface area contributed by atoms with Gasteiger partial charge in [0, 0.05) is 28.2 Å². The summed E-state index contributed by atoms with van der Waals surface area (Å²) in [5.74, 6) is -0.620. The van der Waals surface area contributed by atoms with Crippen LogP contribution < -0.4 is 9.62 Å². The van der Waals surface area contributed by atoms with Crippen molar-refractivity contribution in [2.75, 3.05) is 10.8 Å². The molecular formula is C34H41Cl2N3O4S. The topological polar surface area (TPSA) is 86.8 Å². The van der Waals surface area contributed by atoms with Gasteiger partial charge in [-0.15, -0.1) is 0 Å². The van der Waals surface area contributed by atoms with Crippen molar-refractivity contribution in [2.45, 2.75) is 89.2 Å². The van der Waals surface area contributed by atoms with Crippen molar-refractivity contribution in [1.82, 2.24) is 10.2 Å². The first kappa shape index (κ1) is 33.8. The quantitative estimate of drug-likeness (QED) is 0.231. The van der Waals surface area contributed by atoms with Crippen LogP contribution in [0.4, 0.5) is 5.69 Å². The fourth-order valence-electron chi connectivity index (χ4n) is 5.40. The van der Waals surface area contributed by atoms with Gasteiger partial charge in [0.15, 0.2) is 0 Å². The number of nitrogens with zero attached hydrogens (tertiary/aromatic N) is 2. The standard InChI is InChI=1S/C34H41Cl2N3O4S/c1-23(2)26-15-17-28(18-16-26)39(44(42,43)29-19-13-24(3)14-20-29)22-33(40)38(21-30-31(35)11-8-12-32(30)36)25(4)34(41)37-27-9-6-5-7-10-27/h8,11-20,23,25,27H,5-7,9-10,21-22H2,1-4H3,(H,37,41). The van der Waals surface area contributed by atoms with Crippen LogP contribution in [0.2, 0.25) is 10.0 Å². The molecule has 0 aliphatic heterocycles. The van der Waals surface area contributed by atoms with Crippen molar-refractivity contribution in [3.8, 4) is 0 Å². The summed E-state index contributed by atoms with van der Waals surface area (Å²) in [6.07, 6.45) is 4.99. The molecule has 1 fully saturated rings. The third-order valence-electron chi connectivity index (χ3n) is 8.24. The maximum Gasteiger partial charge on any atom is 0.264 e. The first-order valence-corrected chi connectivity index (χ1v) is 17.3. The van der Waals surface area contributed by atoms with E-state index in [4.69, 9.17) is 23.2 Å². The second-order valence-corrected chi connectivity index (χ2v) is 14.5. The largest absolute Gasteiger partial charge is 0.352 e. The summed E-state index contributed by atoms with van der Waals surface area (Å²) < 4.78 is 29.3. The molecule has 0 bridgehead atoms. The Labute approximate surface area is 271 Å². The van der Waals surface area contributed by atoms with Crippen LogP contribution >= 0.6 is 23.2 Å². The zero-order valence-corrected chi connectivity index (χ0v) is 28.1. The number of carbonyl (C=O) groups is 2. The van der Waals surface area contributed by atoms with Crippen LogP contribution in [0.3, 0.4) is 0 Å². The zero-order chi connectivity index (χ0) is 32.0. The van der Waals surface area contributed by atoms with Crippen LogP contribution in [-0.2, 0) is 26.2 Å². The van der Waals surface area contributed by atoms with Gasteiger partial charge in [0.1, 0.15) is 12.6 Å². The molecule has 0 aromatic heterocycles. The van der Waals surface area contributed by atoms with Gasteiger partial charge in [-0.25, -0.2) is 8.42 Å². The van der Waals surface area contributed by atoms with Gasteiger partial charge < -0.3 is 10.2 Å². The van der Waals surface area contributed by atoms with E-state index in [1.54, 1.807) is 49.4 Å². The molecule has 0 heterocycles. The third kappa shape index (κ3) is 8.14. The molecule has 1 N–H and O–H groups in total. The smallest absolute Gasteiger partial charge is 0.264 e. The minimum atomic E-state index is -4.16. The monoisotopic (exact) mass is 657 g/mol. The van der Waals surface area contributed by atoms with Gasteiger partial charge in [-0.05, 0) is 74.6 Å². The lowest BCUT2D eigenvalue weighted by Gasteiger charge is -2.33. The minimum absolute atomic E-state index is 0.0393. The number of nitrogens with one attached hydrogen (secondary N) is 1. The van der Waals surface area contributed by atoms with Crippen molar-refractivity contribution >= 4 is 50.7 Å². The predicted molar refractivity (Wildman–Crippen MR) is 178 cm³/mol. The second kappa shape index (κ2) is 14.8. The lowest BCUT2D eigenvalue weighted by molar-refractivity contribution is -0.139. The SMILES string of the molecule is Cc1ccc(S(=O)(=O)N(CC(=O)N(Cc2c(Cl)cccc2Cl)C(C)C(=O)NC2CCCCC2)c2ccc(C(C)C)cc2)cc1. The van der Waals surface area contributed by atoms with E-state index in [-0.39, 0.29) is 29.3 Å². The van der Waals surface area contributed by atoms with Gasteiger partial charge in [0.25, 0.3) is 10.0 Å². The van der Waals surface area contributed by atoms with E-state index in [2.05, 4.69) is 19.2 Å². The van der Waals surface area contributed by atoms with E-state index in [0.717, 1.165) is 47.5 Å². The van der Waals surface area contributed by atoms with E-state index in [1.165, 1.54) is 17.0 Å². The third-order valence-corrected chi connectivity index (χ3v) is 10.7. The summed E-state index contributed by atoms with van der Waals surface area (Å²) in [5, 5.41) is 3.80. The van der Waals surface area contributed by atoms with E-state index in [0.29, 0.717) is 21.3 Å². The molecular weight excluding hydrogens is 617 g/mol. The Bertz CT molecular complexity index is 1530. The van der Waals surface area contributed by atoms with E-state index < -0.39 is 28.5 Å². The molecule has 1 atom stereocenters. The molecule has 1 saturated carbocycles. The van der Waals surface area contributed by atoms with Crippen LogP contribution in [0, 0.1) is 6.92 Å². The molecule has 4 rings (SSSR count). The Morgan fingerprint density at radius 2 is 1.48 bits per heavy atom. The van der Waals surface area contributed by atoms with Gasteiger partial charge in [-0.2, -0.15) is 0 Å². The maximum absolute atomic E-state index is 14.3. The van der Waals surface area contributed by atoms with E-state index >= 15 is 0 Å². The zero-order valence-electron chi connectivity index (χ0n) is 25.7. The number of anilines is 1. The van der Waals surface area contributed by atoms with Crippen LogP contribution in [0.15, 0.2) is 71.6 Å². The van der Waals surface area contributed by atoms with Gasteiger partial charge in [-0.3, -0.25) is 13.9 Å². The molecule has 3 aromatic rings. The molecule has 10 heteroatoms. The first-order chi connectivity index (χ1) is 20.9. The number of sulfonamides is 1. The molecule has 0 saturated heterocycles. The molecule has 1 aliphatic rings. The summed E-state index contributed by atoms with van der Waals surface area (Å²) in [5.41, 5.74) is 2.78. The first-order valence-electron chi connectivity index (χ1n) is 15.1. The molecule has 0 radical (unpaired) electrons. The number of hydrogen-bond donors (Lipinski definition) is 1. The van der Waals surface area contributed by atoms with E-state index in [9.17, 15) is 18.0 Å². The molecule has 1 aliphatic carbocycles. The Hall–Kier alpha value is -3.07. The maximum atomic E-state index is 14.3. The lowest BCUT2D eigenvalue weighted by Crippen LogP contribution is -2.53. The van der Waals surface area contributed by atoms with Crippen LogP contribution in [0.1, 0.15) is 75.5 Å². The molecule has 44 heavy (non-hydrogen) atoms. The number of aryl methyl sites for hydroxylation is 1. The van der Waals surface area contributed by atoms with Gasteiger partial charge in [0.05, 0.1) is 10.6 Å². The Morgan fingerprint density at radius 1 is 0.886 bits per heavy atom. The highest BCUT2D eigenvalue weighted by Gasteiger charge is 2.34. The summed E-state index contributed by atoms with van der Waals surface area (Å²) in [6.45, 7) is 7.03. The van der Waals surface area contributed by atoms with Crippen molar-refractivity contribution < 1.29 is 18.0 Å². The Morgan fingerprint density at radius 3 is 2.05 bits per heavy atom. The van der Waals surface area contributed by atoms with Gasteiger partial charge in [-0.1, -0.05) is 92.2 Å². The van der Waals surface area contributed by atoms with Crippen LogP contribution in [0.5, 0.6) is 0 Å². The predicted octanol–water partition coefficient (Wildman–Crippen LogP) is 7.49. The average Bonchev–Trinajstić information content (AvgIpc) is 3.00. The van der Waals surface area contributed by atoms with Crippen molar-refractivity contribution in [3.05, 3.63) is 93.5 Å². The highest BCUT2D eigenvalue weighted by Crippen LogP contribution is 2.29. The van der Waals surface area contributed by atoms with E-state index in [1.807, 2.05) is 19.1 Å². The van der Waals surface area contributed by atoms with Crippen LogP contribution in [-0.4, -0.2) is 43.8 Å². The number of amides is 2. The number of benzene rings is 3. The Kier molecular flexibility index (Phi) is 11.4. The molecule has 1 unspecified atom stereocenters. The molecule has 2 amide bonds. The van der Waals surface area contributed by atoms with Gasteiger partial charge in [0.2, 0.25) is 11.8 Å². The molecule has 7 nitrogen and oxygen atoms in total. The second-order valence-electron chi connectivity index (χ2n) is 11.8. The summed E-state index contributed by atoms with van der Waals surface area (Å²) in [4.78, 5) is 29.2. The van der Waals surface area contributed by atoms with Crippen molar-refractivity contribution in [1.29, 1.82) is 0 Å². The normalized spacial score (nSPS) is 14.7. The number of carbonyl (C=O) groups excluding carboxylic acids is 2. The fraction of sp³-hybridized carbons (Fsp3) is 0.412.